The lowest BCUT2D eigenvalue weighted by Crippen LogP contribution is -2.37. The molecule has 26 heavy (non-hydrogen) atoms. The number of anilines is 1. The number of aryl methyl sites for hydroxylation is 2. The summed E-state index contributed by atoms with van der Waals surface area (Å²) in [4.78, 5) is 27.7. The molecule has 2 heterocycles. The van der Waals surface area contributed by atoms with Crippen molar-refractivity contribution in [1.29, 1.82) is 0 Å². The molecule has 1 unspecified atom stereocenters. The lowest BCUT2D eigenvalue weighted by Gasteiger charge is -2.22. The zero-order valence-corrected chi connectivity index (χ0v) is 16.4. The Morgan fingerprint density at radius 1 is 1.23 bits per heavy atom. The monoisotopic (exact) mass is 413 g/mol. The third-order valence-corrected chi connectivity index (χ3v) is 5.60. The number of hydrogen-bond acceptors (Lipinski definition) is 2. The Balaban J connectivity index is 1.83. The molecule has 0 bridgehead atoms. The Kier molecular flexibility index (Phi) is 4.23. The molecule has 1 amide bonds. The normalized spacial score (nSPS) is 14.4. The van der Waals surface area contributed by atoms with Crippen molar-refractivity contribution in [3.05, 3.63) is 63.0 Å². The average molecular weight is 414 g/mol. The quantitative estimate of drug-likeness (QED) is 0.656. The van der Waals surface area contributed by atoms with E-state index < -0.39 is 6.04 Å². The lowest BCUT2D eigenvalue weighted by atomic mass is 10.0. The smallest absolute Gasteiger partial charge is 0.314 e. The number of likely N-dealkylation sites (N-methyl/N-ethyl adjacent to an activating group) is 1. The third kappa shape index (κ3) is 2.60. The van der Waals surface area contributed by atoms with Crippen molar-refractivity contribution in [2.45, 2.75) is 32.4 Å². The van der Waals surface area contributed by atoms with Crippen LogP contribution in [0.5, 0.6) is 0 Å². The maximum atomic E-state index is 13.1. The predicted molar refractivity (Wildman–Crippen MR) is 107 cm³/mol. The lowest BCUT2D eigenvalue weighted by molar-refractivity contribution is -0.121. The molecule has 1 aromatic heterocycles. The van der Waals surface area contributed by atoms with Crippen LogP contribution in [0, 0.1) is 0 Å². The highest BCUT2D eigenvalue weighted by Gasteiger charge is 2.28. The fourth-order valence-electron chi connectivity index (χ4n) is 3.83. The van der Waals surface area contributed by atoms with Gasteiger partial charge in [-0.3, -0.25) is 13.9 Å². The molecular formula is C20H20BrN3O2. The van der Waals surface area contributed by atoms with Gasteiger partial charge in [-0.25, -0.2) is 4.79 Å². The summed E-state index contributed by atoms with van der Waals surface area (Å²) in [5, 5.41) is 0. The van der Waals surface area contributed by atoms with E-state index in [1.807, 2.05) is 41.0 Å². The molecular weight excluding hydrogens is 394 g/mol. The van der Waals surface area contributed by atoms with Crippen molar-refractivity contribution >= 4 is 38.6 Å². The Morgan fingerprint density at radius 2 is 1.96 bits per heavy atom. The molecule has 3 aromatic rings. The molecule has 1 atom stereocenters. The summed E-state index contributed by atoms with van der Waals surface area (Å²) >= 11 is 3.55. The number of halogens is 1. The van der Waals surface area contributed by atoms with Gasteiger partial charge in [-0.2, -0.15) is 0 Å². The van der Waals surface area contributed by atoms with Crippen LogP contribution in [-0.2, 0) is 17.8 Å². The number of carbonyl (C=O) groups is 1. The van der Waals surface area contributed by atoms with Crippen molar-refractivity contribution in [3.8, 4) is 0 Å². The number of hydrogen-bond donors (Lipinski definition) is 0. The van der Waals surface area contributed by atoms with Gasteiger partial charge < -0.3 is 4.90 Å². The van der Waals surface area contributed by atoms with Crippen molar-refractivity contribution in [3.63, 3.8) is 0 Å². The van der Waals surface area contributed by atoms with E-state index in [1.165, 1.54) is 0 Å². The molecule has 0 fully saturated rings. The standard InChI is InChI=1S/C20H20BrN3O2/c1-13(19(25)22(2)16-8-4-3-5-9-16)24-17-12-15(21)11-14-7-6-10-23(18(14)17)20(24)26/h3-5,8-9,11-13H,6-7,10H2,1-2H3. The van der Waals surface area contributed by atoms with Crippen molar-refractivity contribution in [1.82, 2.24) is 9.13 Å². The van der Waals surface area contributed by atoms with Crippen molar-refractivity contribution < 1.29 is 4.79 Å². The molecule has 0 aliphatic carbocycles. The minimum absolute atomic E-state index is 0.110. The summed E-state index contributed by atoms with van der Waals surface area (Å²) in [6.45, 7) is 2.50. The van der Waals surface area contributed by atoms with Crippen LogP contribution in [0.3, 0.4) is 0 Å². The highest BCUT2D eigenvalue weighted by Crippen LogP contribution is 2.30. The molecule has 0 N–H and O–H groups in total. The van der Waals surface area contributed by atoms with E-state index in [4.69, 9.17) is 0 Å². The van der Waals surface area contributed by atoms with Gasteiger partial charge in [0.05, 0.1) is 11.0 Å². The van der Waals surface area contributed by atoms with E-state index in [9.17, 15) is 9.59 Å². The van der Waals surface area contributed by atoms with E-state index in [0.29, 0.717) is 6.54 Å². The molecule has 134 valence electrons. The van der Waals surface area contributed by atoms with Gasteiger partial charge in [0.15, 0.2) is 0 Å². The third-order valence-electron chi connectivity index (χ3n) is 5.15. The molecule has 0 radical (unpaired) electrons. The number of amides is 1. The largest absolute Gasteiger partial charge is 0.329 e. The van der Waals surface area contributed by atoms with Crippen molar-refractivity contribution in [2.75, 3.05) is 11.9 Å². The van der Waals surface area contributed by atoms with Crippen LogP contribution in [0.4, 0.5) is 5.69 Å². The zero-order chi connectivity index (χ0) is 18.4. The number of imidazole rings is 1. The van der Waals surface area contributed by atoms with E-state index >= 15 is 0 Å². The second-order valence-corrected chi connectivity index (χ2v) is 7.66. The fourth-order valence-corrected chi connectivity index (χ4v) is 4.33. The Morgan fingerprint density at radius 3 is 2.69 bits per heavy atom. The number of aromatic nitrogens is 2. The van der Waals surface area contributed by atoms with Gasteiger partial charge in [-0.1, -0.05) is 34.1 Å². The Hall–Kier alpha value is -2.34. The first kappa shape index (κ1) is 17.1. The summed E-state index contributed by atoms with van der Waals surface area (Å²) in [7, 11) is 1.75. The van der Waals surface area contributed by atoms with E-state index in [2.05, 4.69) is 22.0 Å². The molecule has 5 nitrogen and oxygen atoms in total. The van der Waals surface area contributed by atoms with Gasteiger partial charge in [-0.15, -0.1) is 0 Å². The van der Waals surface area contributed by atoms with Gasteiger partial charge in [-0.05, 0) is 49.6 Å². The number of benzene rings is 2. The number of rotatable bonds is 3. The maximum absolute atomic E-state index is 13.1. The number of carbonyl (C=O) groups excluding carboxylic acids is 1. The molecule has 6 heteroatoms. The van der Waals surface area contributed by atoms with Gasteiger partial charge >= 0.3 is 5.69 Å². The maximum Gasteiger partial charge on any atom is 0.329 e. The summed E-state index contributed by atoms with van der Waals surface area (Å²) in [6.07, 6.45) is 1.89. The highest BCUT2D eigenvalue weighted by atomic mass is 79.9. The van der Waals surface area contributed by atoms with E-state index in [-0.39, 0.29) is 11.6 Å². The Labute approximate surface area is 160 Å². The number of para-hydroxylation sites is 1. The molecule has 0 saturated heterocycles. The van der Waals surface area contributed by atoms with Crippen LogP contribution in [0.2, 0.25) is 0 Å². The fraction of sp³-hybridized carbons (Fsp3) is 0.300. The number of nitrogens with zero attached hydrogens (tertiary/aromatic N) is 3. The first-order chi connectivity index (χ1) is 12.5. The van der Waals surface area contributed by atoms with Gasteiger partial charge in [0.2, 0.25) is 5.91 Å². The molecule has 4 rings (SSSR count). The second-order valence-electron chi connectivity index (χ2n) is 6.75. The second kappa shape index (κ2) is 6.43. The van der Waals surface area contributed by atoms with Gasteiger partial charge in [0.1, 0.15) is 6.04 Å². The van der Waals surface area contributed by atoms with Gasteiger partial charge in [0.25, 0.3) is 0 Å². The van der Waals surface area contributed by atoms with Crippen LogP contribution < -0.4 is 10.6 Å². The van der Waals surface area contributed by atoms with E-state index in [0.717, 1.165) is 39.6 Å². The highest BCUT2D eigenvalue weighted by molar-refractivity contribution is 9.10. The minimum atomic E-state index is -0.586. The molecule has 1 aliphatic rings. The van der Waals surface area contributed by atoms with Crippen LogP contribution in [-0.4, -0.2) is 22.1 Å². The van der Waals surface area contributed by atoms with Gasteiger partial charge in [0, 0.05) is 23.8 Å². The van der Waals surface area contributed by atoms with Crippen LogP contribution >= 0.6 is 15.9 Å². The topological polar surface area (TPSA) is 47.2 Å². The molecule has 0 spiro atoms. The molecule has 1 aliphatic heterocycles. The molecule has 0 saturated carbocycles. The minimum Gasteiger partial charge on any atom is -0.314 e. The summed E-state index contributed by atoms with van der Waals surface area (Å²) in [6, 6.07) is 12.9. The van der Waals surface area contributed by atoms with Crippen LogP contribution in [0.1, 0.15) is 24.9 Å². The SMILES string of the molecule is CC(C(=O)N(C)c1ccccc1)n1c(=O)n2c3c(cc(Br)cc31)CCC2. The Bertz CT molecular complexity index is 1050. The average Bonchev–Trinajstić information content (AvgIpc) is 2.94. The van der Waals surface area contributed by atoms with Crippen molar-refractivity contribution in [2.24, 2.45) is 0 Å². The van der Waals surface area contributed by atoms with Crippen LogP contribution in [0.15, 0.2) is 51.7 Å². The summed E-state index contributed by atoms with van der Waals surface area (Å²) in [5.41, 5.74) is 3.65. The first-order valence-corrected chi connectivity index (χ1v) is 9.54. The van der Waals surface area contributed by atoms with Crippen LogP contribution in [0.25, 0.3) is 11.0 Å². The zero-order valence-electron chi connectivity index (χ0n) is 14.8. The summed E-state index contributed by atoms with van der Waals surface area (Å²) < 4.78 is 4.38. The summed E-state index contributed by atoms with van der Waals surface area (Å²) in [5.74, 6) is -0.113. The first-order valence-electron chi connectivity index (χ1n) is 8.75. The molecule has 2 aromatic carbocycles. The predicted octanol–water partition coefficient (Wildman–Crippen LogP) is 3.74. The van der Waals surface area contributed by atoms with E-state index in [1.54, 1.807) is 23.4 Å².